The Morgan fingerprint density at radius 3 is 2.70 bits per heavy atom. The number of rotatable bonds is 6. The average Bonchev–Trinajstić information content (AvgIpc) is 2.75. The lowest BCUT2D eigenvalue weighted by Gasteiger charge is -2.26. The number of anilines is 1. The SMILES string of the molecule is CC(C)C(CN(C)C)NCc1ccc2c(c1)CCN2C. The molecule has 0 fully saturated rings. The molecule has 1 aliphatic heterocycles. The Hall–Kier alpha value is -1.06. The maximum absolute atomic E-state index is 3.71. The van der Waals surface area contributed by atoms with Gasteiger partial charge in [0.25, 0.3) is 0 Å². The van der Waals surface area contributed by atoms with Crippen LogP contribution in [-0.4, -0.2) is 45.2 Å². The smallest absolute Gasteiger partial charge is 0.0397 e. The molecular formula is C17H29N3. The fourth-order valence-corrected chi connectivity index (χ4v) is 2.88. The molecule has 2 rings (SSSR count). The fraction of sp³-hybridized carbons (Fsp3) is 0.647. The van der Waals surface area contributed by atoms with Gasteiger partial charge in [-0.05, 0) is 43.6 Å². The lowest BCUT2D eigenvalue weighted by Crippen LogP contribution is -2.41. The molecule has 1 unspecified atom stereocenters. The Labute approximate surface area is 124 Å². The second kappa shape index (κ2) is 6.59. The summed E-state index contributed by atoms with van der Waals surface area (Å²) < 4.78 is 0. The van der Waals surface area contributed by atoms with E-state index in [1.54, 1.807) is 0 Å². The molecule has 0 spiro atoms. The Kier molecular flexibility index (Phi) is 5.06. The van der Waals surface area contributed by atoms with Gasteiger partial charge in [-0.25, -0.2) is 0 Å². The number of nitrogens with zero attached hydrogens (tertiary/aromatic N) is 2. The second-order valence-electron chi connectivity index (χ2n) is 6.63. The normalized spacial score (nSPS) is 16.1. The fourth-order valence-electron chi connectivity index (χ4n) is 2.88. The third-order valence-electron chi connectivity index (χ3n) is 4.21. The first-order valence-electron chi connectivity index (χ1n) is 7.68. The largest absolute Gasteiger partial charge is 0.374 e. The molecule has 20 heavy (non-hydrogen) atoms. The number of hydrogen-bond acceptors (Lipinski definition) is 3. The van der Waals surface area contributed by atoms with E-state index in [9.17, 15) is 0 Å². The van der Waals surface area contributed by atoms with Gasteiger partial charge in [-0.15, -0.1) is 0 Å². The zero-order valence-corrected chi connectivity index (χ0v) is 13.6. The molecule has 1 aromatic carbocycles. The van der Waals surface area contributed by atoms with E-state index in [0.29, 0.717) is 12.0 Å². The molecule has 1 aromatic rings. The Bertz CT molecular complexity index is 440. The summed E-state index contributed by atoms with van der Waals surface area (Å²) in [5.41, 5.74) is 4.31. The predicted octanol–water partition coefficient (Wildman–Crippen LogP) is 2.35. The standard InChI is InChI=1S/C17H29N3/c1-13(2)16(12-19(3)4)18-11-14-6-7-17-15(10-14)8-9-20(17)5/h6-7,10,13,16,18H,8-9,11-12H2,1-5H3. The van der Waals surface area contributed by atoms with Crippen LogP contribution >= 0.6 is 0 Å². The summed E-state index contributed by atoms with van der Waals surface area (Å²) >= 11 is 0. The Balaban J connectivity index is 1.96. The maximum atomic E-state index is 3.71. The molecule has 0 amide bonds. The van der Waals surface area contributed by atoms with Gasteiger partial charge in [0.15, 0.2) is 0 Å². The predicted molar refractivity (Wildman–Crippen MR) is 87.4 cm³/mol. The minimum absolute atomic E-state index is 0.543. The van der Waals surface area contributed by atoms with Crippen molar-refractivity contribution >= 4 is 5.69 Å². The van der Waals surface area contributed by atoms with Gasteiger partial charge in [0.2, 0.25) is 0 Å². The lowest BCUT2D eigenvalue weighted by atomic mass is 10.0. The number of hydrogen-bond donors (Lipinski definition) is 1. The minimum atomic E-state index is 0.543. The van der Waals surface area contributed by atoms with Crippen molar-refractivity contribution in [2.75, 3.05) is 39.1 Å². The first-order valence-corrected chi connectivity index (χ1v) is 7.68. The summed E-state index contributed by atoms with van der Waals surface area (Å²) in [6.45, 7) is 7.79. The van der Waals surface area contributed by atoms with E-state index in [4.69, 9.17) is 0 Å². The molecule has 3 heteroatoms. The zero-order chi connectivity index (χ0) is 14.7. The monoisotopic (exact) mass is 275 g/mol. The quantitative estimate of drug-likeness (QED) is 0.860. The third kappa shape index (κ3) is 3.74. The first-order chi connectivity index (χ1) is 9.47. The molecule has 0 aliphatic carbocycles. The van der Waals surface area contributed by atoms with Crippen LogP contribution in [0.15, 0.2) is 18.2 Å². The van der Waals surface area contributed by atoms with Crippen molar-refractivity contribution in [2.24, 2.45) is 5.92 Å². The van der Waals surface area contributed by atoms with Crippen LogP contribution < -0.4 is 10.2 Å². The molecule has 0 radical (unpaired) electrons. The Morgan fingerprint density at radius 1 is 1.30 bits per heavy atom. The molecule has 112 valence electrons. The van der Waals surface area contributed by atoms with Crippen molar-refractivity contribution in [1.29, 1.82) is 0 Å². The van der Waals surface area contributed by atoms with Crippen LogP contribution in [0.2, 0.25) is 0 Å². The van der Waals surface area contributed by atoms with Gasteiger partial charge in [0, 0.05) is 38.4 Å². The van der Waals surface area contributed by atoms with Crippen molar-refractivity contribution in [1.82, 2.24) is 10.2 Å². The van der Waals surface area contributed by atoms with E-state index in [1.165, 1.54) is 23.2 Å². The van der Waals surface area contributed by atoms with Crippen molar-refractivity contribution in [2.45, 2.75) is 32.9 Å². The van der Waals surface area contributed by atoms with Gasteiger partial charge in [-0.3, -0.25) is 0 Å². The summed E-state index contributed by atoms with van der Waals surface area (Å²) in [5.74, 6) is 0.651. The van der Waals surface area contributed by atoms with Crippen LogP contribution in [0.5, 0.6) is 0 Å². The van der Waals surface area contributed by atoms with Crippen molar-refractivity contribution in [3.05, 3.63) is 29.3 Å². The van der Waals surface area contributed by atoms with Crippen LogP contribution in [0.25, 0.3) is 0 Å². The summed E-state index contributed by atoms with van der Waals surface area (Å²) in [6.07, 6.45) is 1.19. The van der Waals surface area contributed by atoms with E-state index in [2.05, 4.69) is 68.3 Å². The van der Waals surface area contributed by atoms with E-state index in [-0.39, 0.29) is 0 Å². The molecule has 0 saturated heterocycles. The van der Waals surface area contributed by atoms with Crippen LogP contribution in [0.4, 0.5) is 5.69 Å². The molecule has 0 aromatic heterocycles. The molecule has 1 heterocycles. The molecule has 3 nitrogen and oxygen atoms in total. The Morgan fingerprint density at radius 2 is 2.05 bits per heavy atom. The third-order valence-corrected chi connectivity index (χ3v) is 4.21. The van der Waals surface area contributed by atoms with Crippen molar-refractivity contribution in [3.63, 3.8) is 0 Å². The number of benzene rings is 1. The highest BCUT2D eigenvalue weighted by molar-refractivity contribution is 5.58. The van der Waals surface area contributed by atoms with Gasteiger partial charge in [-0.1, -0.05) is 26.0 Å². The molecule has 1 atom stereocenters. The van der Waals surface area contributed by atoms with Gasteiger partial charge < -0.3 is 15.1 Å². The van der Waals surface area contributed by atoms with E-state index in [0.717, 1.165) is 19.6 Å². The van der Waals surface area contributed by atoms with Crippen LogP contribution in [0, 0.1) is 5.92 Å². The average molecular weight is 275 g/mol. The zero-order valence-electron chi connectivity index (χ0n) is 13.6. The second-order valence-corrected chi connectivity index (χ2v) is 6.63. The summed E-state index contributed by atoms with van der Waals surface area (Å²) in [6, 6.07) is 7.45. The lowest BCUT2D eigenvalue weighted by molar-refractivity contribution is 0.288. The molecule has 0 saturated carbocycles. The summed E-state index contributed by atoms with van der Waals surface area (Å²) in [5, 5.41) is 3.71. The first kappa shape index (κ1) is 15.3. The number of fused-ring (bicyclic) bond motifs is 1. The van der Waals surface area contributed by atoms with Crippen LogP contribution in [0.3, 0.4) is 0 Å². The van der Waals surface area contributed by atoms with Crippen molar-refractivity contribution in [3.8, 4) is 0 Å². The maximum Gasteiger partial charge on any atom is 0.0397 e. The highest BCUT2D eigenvalue weighted by Crippen LogP contribution is 2.27. The van der Waals surface area contributed by atoms with Crippen molar-refractivity contribution < 1.29 is 0 Å². The van der Waals surface area contributed by atoms with Crippen LogP contribution in [-0.2, 0) is 13.0 Å². The molecule has 0 bridgehead atoms. The minimum Gasteiger partial charge on any atom is -0.374 e. The van der Waals surface area contributed by atoms with E-state index >= 15 is 0 Å². The number of likely N-dealkylation sites (N-methyl/N-ethyl adjacent to an activating group) is 2. The van der Waals surface area contributed by atoms with Gasteiger partial charge in [0.05, 0.1) is 0 Å². The highest BCUT2D eigenvalue weighted by Gasteiger charge is 2.17. The number of nitrogens with one attached hydrogen (secondary N) is 1. The summed E-state index contributed by atoms with van der Waals surface area (Å²) in [4.78, 5) is 4.60. The topological polar surface area (TPSA) is 18.5 Å². The van der Waals surface area contributed by atoms with E-state index in [1.807, 2.05) is 0 Å². The summed E-state index contributed by atoms with van der Waals surface area (Å²) in [7, 11) is 6.46. The van der Waals surface area contributed by atoms with Crippen LogP contribution in [0.1, 0.15) is 25.0 Å². The molecule has 1 N–H and O–H groups in total. The molecular weight excluding hydrogens is 246 g/mol. The molecule has 1 aliphatic rings. The van der Waals surface area contributed by atoms with Gasteiger partial charge >= 0.3 is 0 Å². The van der Waals surface area contributed by atoms with E-state index < -0.39 is 0 Å². The highest BCUT2D eigenvalue weighted by atomic mass is 15.1. The van der Waals surface area contributed by atoms with Gasteiger partial charge in [0.1, 0.15) is 0 Å². The van der Waals surface area contributed by atoms with Gasteiger partial charge in [-0.2, -0.15) is 0 Å².